The average Bonchev–Trinajstić information content (AvgIpc) is 3.02. The maximum Gasteiger partial charge on any atom is 0.00957 e. The molecule has 2 aliphatic carbocycles. The highest BCUT2D eigenvalue weighted by atomic mass is 15.2. The fraction of sp³-hybridized carbons (Fsp3) is 1.00. The zero-order valence-corrected chi connectivity index (χ0v) is 12.1. The van der Waals surface area contributed by atoms with Gasteiger partial charge in [0.2, 0.25) is 0 Å². The highest BCUT2D eigenvalue weighted by molar-refractivity contribution is 4.93. The molecule has 2 saturated carbocycles. The van der Waals surface area contributed by atoms with E-state index >= 15 is 0 Å². The van der Waals surface area contributed by atoms with E-state index in [1.165, 1.54) is 64.6 Å². The first-order valence-corrected chi connectivity index (χ1v) is 8.20. The van der Waals surface area contributed by atoms with E-state index in [-0.39, 0.29) is 0 Å². The summed E-state index contributed by atoms with van der Waals surface area (Å²) in [7, 11) is 2.09. The van der Waals surface area contributed by atoms with Crippen molar-refractivity contribution in [2.45, 2.75) is 63.8 Å². The molecule has 1 spiro atoms. The lowest BCUT2D eigenvalue weighted by molar-refractivity contribution is 0.104. The van der Waals surface area contributed by atoms with E-state index < -0.39 is 0 Å². The van der Waals surface area contributed by atoms with Gasteiger partial charge in [-0.3, -0.25) is 0 Å². The normalized spacial score (nSPS) is 33.5. The Morgan fingerprint density at radius 3 is 2.44 bits per heavy atom. The van der Waals surface area contributed by atoms with Gasteiger partial charge in [-0.05, 0) is 76.4 Å². The van der Waals surface area contributed by atoms with E-state index in [4.69, 9.17) is 0 Å². The molecule has 0 amide bonds. The maximum atomic E-state index is 3.35. The standard InChI is InChI=1S/C16H30N2/c1-17-12-14-6-11-18(13-14)15-4-9-16(10-5-15)7-2-3-8-16/h14-15,17H,2-13H2,1H3. The lowest BCUT2D eigenvalue weighted by atomic mass is 9.71. The zero-order valence-electron chi connectivity index (χ0n) is 12.1. The largest absolute Gasteiger partial charge is 0.319 e. The van der Waals surface area contributed by atoms with Gasteiger partial charge in [-0.25, -0.2) is 0 Å². The fourth-order valence-corrected chi connectivity index (χ4v) is 4.85. The molecule has 1 aliphatic heterocycles. The number of hydrogen-bond acceptors (Lipinski definition) is 2. The minimum Gasteiger partial charge on any atom is -0.319 e. The summed E-state index contributed by atoms with van der Waals surface area (Å²) in [5.74, 6) is 0.914. The molecule has 3 rings (SSSR count). The van der Waals surface area contributed by atoms with Crippen molar-refractivity contribution in [1.82, 2.24) is 10.2 Å². The Morgan fingerprint density at radius 2 is 1.78 bits per heavy atom. The minimum absolute atomic E-state index is 0.806. The molecule has 0 radical (unpaired) electrons. The van der Waals surface area contributed by atoms with Crippen LogP contribution in [-0.2, 0) is 0 Å². The molecular formula is C16H30N2. The van der Waals surface area contributed by atoms with E-state index in [9.17, 15) is 0 Å². The Balaban J connectivity index is 1.48. The van der Waals surface area contributed by atoms with Gasteiger partial charge < -0.3 is 10.2 Å². The van der Waals surface area contributed by atoms with Crippen molar-refractivity contribution in [1.29, 1.82) is 0 Å². The van der Waals surface area contributed by atoms with Crippen LogP contribution in [0.5, 0.6) is 0 Å². The van der Waals surface area contributed by atoms with Crippen LogP contribution < -0.4 is 5.32 Å². The van der Waals surface area contributed by atoms with Gasteiger partial charge in [0.05, 0.1) is 0 Å². The summed E-state index contributed by atoms with van der Waals surface area (Å²) in [6.45, 7) is 3.94. The monoisotopic (exact) mass is 250 g/mol. The van der Waals surface area contributed by atoms with Crippen molar-refractivity contribution in [2.75, 3.05) is 26.7 Å². The van der Waals surface area contributed by atoms with Crippen molar-refractivity contribution >= 4 is 0 Å². The smallest absolute Gasteiger partial charge is 0.00957 e. The van der Waals surface area contributed by atoms with Crippen LogP contribution in [0.25, 0.3) is 0 Å². The first-order valence-electron chi connectivity index (χ1n) is 8.20. The number of hydrogen-bond donors (Lipinski definition) is 1. The van der Waals surface area contributed by atoms with Crippen LogP contribution in [0.3, 0.4) is 0 Å². The Morgan fingerprint density at radius 1 is 1.06 bits per heavy atom. The van der Waals surface area contributed by atoms with Crippen LogP contribution in [0.1, 0.15) is 57.8 Å². The molecule has 1 atom stereocenters. The molecule has 18 heavy (non-hydrogen) atoms. The van der Waals surface area contributed by atoms with Crippen LogP contribution in [0, 0.1) is 11.3 Å². The van der Waals surface area contributed by atoms with Crippen LogP contribution in [-0.4, -0.2) is 37.6 Å². The SMILES string of the molecule is CNCC1CCN(C2CCC3(CCCC3)CC2)C1. The second kappa shape index (κ2) is 5.50. The maximum absolute atomic E-state index is 3.35. The Hall–Kier alpha value is -0.0800. The Bertz CT molecular complexity index is 260. The highest BCUT2D eigenvalue weighted by Gasteiger charge is 2.39. The molecule has 1 heterocycles. The number of nitrogens with one attached hydrogen (secondary N) is 1. The number of nitrogens with zero attached hydrogens (tertiary/aromatic N) is 1. The van der Waals surface area contributed by atoms with Crippen molar-refractivity contribution in [3.05, 3.63) is 0 Å². The number of likely N-dealkylation sites (tertiary alicyclic amines) is 1. The molecule has 1 N–H and O–H groups in total. The van der Waals surface area contributed by atoms with Gasteiger partial charge >= 0.3 is 0 Å². The van der Waals surface area contributed by atoms with E-state index in [2.05, 4.69) is 17.3 Å². The highest BCUT2D eigenvalue weighted by Crippen LogP contribution is 2.49. The van der Waals surface area contributed by atoms with E-state index in [0.29, 0.717) is 0 Å². The van der Waals surface area contributed by atoms with Gasteiger partial charge in [-0.15, -0.1) is 0 Å². The molecule has 2 nitrogen and oxygen atoms in total. The van der Waals surface area contributed by atoms with E-state index in [1.54, 1.807) is 12.8 Å². The summed E-state index contributed by atoms with van der Waals surface area (Å²) in [4.78, 5) is 2.81. The molecule has 0 aromatic rings. The summed E-state index contributed by atoms with van der Waals surface area (Å²) >= 11 is 0. The third kappa shape index (κ3) is 2.60. The summed E-state index contributed by atoms with van der Waals surface area (Å²) in [6.07, 6.45) is 13.6. The molecule has 0 bridgehead atoms. The molecule has 0 aromatic carbocycles. The van der Waals surface area contributed by atoms with Gasteiger partial charge in [-0.1, -0.05) is 12.8 Å². The first kappa shape index (κ1) is 12.9. The van der Waals surface area contributed by atoms with Gasteiger partial charge in [-0.2, -0.15) is 0 Å². The van der Waals surface area contributed by atoms with Gasteiger partial charge in [0.15, 0.2) is 0 Å². The molecule has 3 fully saturated rings. The quantitative estimate of drug-likeness (QED) is 0.828. The zero-order chi connectivity index (χ0) is 12.4. The third-order valence-corrected chi connectivity index (χ3v) is 6.01. The summed E-state index contributed by atoms with van der Waals surface area (Å²) in [5.41, 5.74) is 0.806. The molecule has 2 heteroatoms. The molecular weight excluding hydrogens is 220 g/mol. The van der Waals surface area contributed by atoms with Crippen molar-refractivity contribution in [3.8, 4) is 0 Å². The Labute approximate surface area is 113 Å². The van der Waals surface area contributed by atoms with Gasteiger partial charge in [0.25, 0.3) is 0 Å². The summed E-state index contributed by atoms with van der Waals surface area (Å²) in [5, 5.41) is 3.35. The van der Waals surface area contributed by atoms with Crippen molar-refractivity contribution in [2.24, 2.45) is 11.3 Å². The number of rotatable bonds is 3. The van der Waals surface area contributed by atoms with Gasteiger partial charge in [0, 0.05) is 12.6 Å². The topological polar surface area (TPSA) is 15.3 Å². The fourth-order valence-electron chi connectivity index (χ4n) is 4.85. The predicted octanol–water partition coefficient (Wildman–Crippen LogP) is 3.03. The van der Waals surface area contributed by atoms with Crippen LogP contribution in [0.2, 0.25) is 0 Å². The van der Waals surface area contributed by atoms with Crippen LogP contribution >= 0.6 is 0 Å². The molecule has 104 valence electrons. The third-order valence-electron chi connectivity index (χ3n) is 6.01. The van der Waals surface area contributed by atoms with Crippen molar-refractivity contribution < 1.29 is 0 Å². The molecule has 3 aliphatic rings. The second-order valence-electron chi connectivity index (χ2n) is 7.15. The summed E-state index contributed by atoms with van der Waals surface area (Å²) < 4.78 is 0. The second-order valence-corrected chi connectivity index (χ2v) is 7.15. The lowest BCUT2D eigenvalue weighted by Gasteiger charge is -2.40. The summed E-state index contributed by atoms with van der Waals surface area (Å²) in [6, 6.07) is 0.929. The Kier molecular flexibility index (Phi) is 3.95. The lowest BCUT2D eigenvalue weighted by Crippen LogP contribution is -2.39. The molecule has 1 unspecified atom stereocenters. The van der Waals surface area contributed by atoms with Crippen LogP contribution in [0.4, 0.5) is 0 Å². The molecule has 0 aromatic heterocycles. The first-order chi connectivity index (χ1) is 8.81. The van der Waals surface area contributed by atoms with Gasteiger partial charge in [0.1, 0.15) is 0 Å². The van der Waals surface area contributed by atoms with E-state index in [0.717, 1.165) is 17.4 Å². The predicted molar refractivity (Wildman–Crippen MR) is 76.8 cm³/mol. The van der Waals surface area contributed by atoms with E-state index in [1.807, 2.05) is 0 Å². The minimum atomic E-state index is 0.806. The molecule has 1 saturated heterocycles. The van der Waals surface area contributed by atoms with Crippen LogP contribution in [0.15, 0.2) is 0 Å². The van der Waals surface area contributed by atoms with Crippen molar-refractivity contribution in [3.63, 3.8) is 0 Å². The average molecular weight is 250 g/mol.